The van der Waals surface area contributed by atoms with E-state index in [0.29, 0.717) is 5.01 Å². The van der Waals surface area contributed by atoms with Crippen LogP contribution < -0.4 is 5.32 Å². The molecule has 1 heterocycles. The van der Waals surface area contributed by atoms with E-state index in [-0.39, 0.29) is 5.13 Å². The summed E-state index contributed by atoms with van der Waals surface area (Å²) >= 11 is 1.09. The van der Waals surface area contributed by atoms with Gasteiger partial charge >= 0.3 is 6.18 Å². The van der Waals surface area contributed by atoms with E-state index in [4.69, 9.17) is 0 Å². The second-order valence-electron chi connectivity index (χ2n) is 4.78. The van der Waals surface area contributed by atoms with Crippen molar-refractivity contribution >= 4 is 22.4 Å². The summed E-state index contributed by atoms with van der Waals surface area (Å²) in [6.07, 6.45) is -4.61. The van der Waals surface area contributed by atoms with Gasteiger partial charge in [-0.05, 0) is 12.1 Å². The molecule has 1 N–H and O–H groups in total. The minimum atomic E-state index is -4.61. The lowest BCUT2D eigenvalue weighted by molar-refractivity contribution is -0.137. The van der Waals surface area contributed by atoms with Gasteiger partial charge in [-0.15, -0.1) is 10.2 Å². The fourth-order valence-electron chi connectivity index (χ4n) is 2.06. The van der Waals surface area contributed by atoms with Crippen molar-refractivity contribution in [2.75, 3.05) is 5.32 Å². The predicted octanol–water partition coefficient (Wildman–Crippen LogP) is 4.48. The Labute approximate surface area is 139 Å². The molecule has 0 aliphatic heterocycles. The molecule has 24 heavy (non-hydrogen) atoms. The summed E-state index contributed by atoms with van der Waals surface area (Å²) < 4.78 is 38.9. The number of alkyl halides is 3. The maximum atomic E-state index is 13.0. The number of halogens is 3. The molecule has 0 aliphatic rings. The molecule has 3 rings (SSSR count). The zero-order valence-corrected chi connectivity index (χ0v) is 12.9. The van der Waals surface area contributed by atoms with Crippen LogP contribution in [0.15, 0.2) is 54.6 Å². The Kier molecular flexibility index (Phi) is 4.30. The summed E-state index contributed by atoms with van der Waals surface area (Å²) in [6, 6.07) is 13.7. The van der Waals surface area contributed by atoms with Crippen LogP contribution in [0.5, 0.6) is 0 Å². The van der Waals surface area contributed by atoms with E-state index < -0.39 is 23.2 Å². The first kappa shape index (κ1) is 16.1. The summed E-state index contributed by atoms with van der Waals surface area (Å²) in [4.78, 5) is 12.2. The number of hydrogen-bond acceptors (Lipinski definition) is 4. The molecule has 122 valence electrons. The fourth-order valence-corrected chi connectivity index (χ4v) is 2.81. The van der Waals surface area contributed by atoms with Crippen molar-refractivity contribution in [3.8, 4) is 10.6 Å². The number of benzene rings is 2. The minimum absolute atomic E-state index is 0.135. The van der Waals surface area contributed by atoms with E-state index in [0.717, 1.165) is 29.0 Å². The number of carbonyl (C=O) groups is 1. The highest BCUT2D eigenvalue weighted by atomic mass is 32.1. The van der Waals surface area contributed by atoms with Gasteiger partial charge in [-0.25, -0.2) is 0 Å². The number of carbonyl (C=O) groups excluding carboxylic acids is 1. The number of nitrogens with one attached hydrogen (secondary N) is 1. The number of anilines is 1. The predicted molar refractivity (Wildman–Crippen MR) is 84.7 cm³/mol. The number of hydrogen-bond donors (Lipinski definition) is 1. The average Bonchev–Trinajstić information content (AvgIpc) is 3.03. The van der Waals surface area contributed by atoms with Crippen LogP contribution in [0.4, 0.5) is 18.3 Å². The monoisotopic (exact) mass is 349 g/mol. The third kappa shape index (κ3) is 3.43. The van der Waals surface area contributed by atoms with Crippen molar-refractivity contribution in [2.24, 2.45) is 0 Å². The summed E-state index contributed by atoms with van der Waals surface area (Å²) in [5, 5.41) is 10.8. The molecule has 0 saturated heterocycles. The number of rotatable bonds is 3. The highest BCUT2D eigenvalue weighted by molar-refractivity contribution is 7.18. The SMILES string of the molecule is O=C(Nc1nnc(-c2ccccc2)s1)c1ccccc1C(F)(F)F. The molecule has 0 unspecified atom stereocenters. The summed E-state index contributed by atoms with van der Waals surface area (Å²) in [5.41, 5.74) is -0.636. The quantitative estimate of drug-likeness (QED) is 0.759. The van der Waals surface area contributed by atoms with Crippen LogP contribution >= 0.6 is 11.3 Å². The molecule has 0 radical (unpaired) electrons. The molecule has 0 saturated carbocycles. The van der Waals surface area contributed by atoms with Gasteiger partial charge in [0, 0.05) is 5.56 Å². The Hall–Kier alpha value is -2.74. The van der Waals surface area contributed by atoms with E-state index in [2.05, 4.69) is 15.5 Å². The molecule has 4 nitrogen and oxygen atoms in total. The summed E-state index contributed by atoms with van der Waals surface area (Å²) in [5.74, 6) is -0.876. The molecule has 0 bridgehead atoms. The van der Waals surface area contributed by atoms with Crippen LogP contribution in [0.2, 0.25) is 0 Å². The lowest BCUT2D eigenvalue weighted by atomic mass is 10.1. The van der Waals surface area contributed by atoms with Gasteiger partial charge in [0.15, 0.2) is 0 Å². The second kappa shape index (κ2) is 6.40. The van der Waals surface area contributed by atoms with Crippen molar-refractivity contribution in [1.29, 1.82) is 0 Å². The number of nitrogens with zero attached hydrogens (tertiary/aromatic N) is 2. The molecule has 1 aromatic heterocycles. The van der Waals surface area contributed by atoms with Gasteiger partial charge in [0.2, 0.25) is 5.13 Å². The maximum absolute atomic E-state index is 13.0. The number of amides is 1. The van der Waals surface area contributed by atoms with Crippen LogP contribution in [0, 0.1) is 0 Å². The van der Waals surface area contributed by atoms with E-state index in [1.54, 1.807) is 0 Å². The molecular formula is C16H10F3N3OS. The van der Waals surface area contributed by atoms with Crippen molar-refractivity contribution in [3.05, 3.63) is 65.7 Å². The zero-order chi connectivity index (χ0) is 17.2. The Balaban J connectivity index is 1.83. The topological polar surface area (TPSA) is 54.9 Å². The molecule has 0 fully saturated rings. The van der Waals surface area contributed by atoms with Gasteiger partial charge in [0.1, 0.15) is 5.01 Å². The zero-order valence-electron chi connectivity index (χ0n) is 12.0. The second-order valence-corrected chi connectivity index (χ2v) is 5.75. The molecule has 3 aromatic rings. The third-order valence-corrected chi connectivity index (χ3v) is 4.03. The van der Waals surface area contributed by atoms with Crippen LogP contribution in [0.25, 0.3) is 10.6 Å². The smallest absolute Gasteiger partial charge is 0.296 e. The average molecular weight is 349 g/mol. The van der Waals surface area contributed by atoms with Crippen molar-refractivity contribution in [2.45, 2.75) is 6.18 Å². The standard InChI is InChI=1S/C16H10F3N3OS/c17-16(18,19)12-9-5-4-8-11(12)13(23)20-15-22-21-14(24-15)10-6-2-1-3-7-10/h1-9H,(H,20,22,23). The Morgan fingerprint density at radius 2 is 1.62 bits per heavy atom. The van der Waals surface area contributed by atoms with E-state index in [1.165, 1.54) is 12.1 Å². The molecule has 1 amide bonds. The van der Waals surface area contributed by atoms with Gasteiger partial charge in [-0.1, -0.05) is 53.8 Å². The van der Waals surface area contributed by atoms with Crippen molar-refractivity contribution in [3.63, 3.8) is 0 Å². The van der Waals surface area contributed by atoms with E-state index in [9.17, 15) is 18.0 Å². The Morgan fingerprint density at radius 3 is 2.33 bits per heavy atom. The summed E-state index contributed by atoms with van der Waals surface area (Å²) in [6.45, 7) is 0. The first-order chi connectivity index (χ1) is 11.4. The highest BCUT2D eigenvalue weighted by Crippen LogP contribution is 2.32. The first-order valence-electron chi connectivity index (χ1n) is 6.81. The van der Waals surface area contributed by atoms with Crippen LogP contribution in [-0.4, -0.2) is 16.1 Å². The van der Waals surface area contributed by atoms with Gasteiger partial charge in [-0.3, -0.25) is 10.1 Å². The lowest BCUT2D eigenvalue weighted by Gasteiger charge is -2.11. The van der Waals surface area contributed by atoms with Gasteiger partial charge in [0.25, 0.3) is 5.91 Å². The van der Waals surface area contributed by atoms with Crippen LogP contribution in [0.1, 0.15) is 15.9 Å². The molecule has 0 aliphatic carbocycles. The van der Waals surface area contributed by atoms with Crippen LogP contribution in [0.3, 0.4) is 0 Å². The van der Waals surface area contributed by atoms with Gasteiger partial charge < -0.3 is 0 Å². The lowest BCUT2D eigenvalue weighted by Crippen LogP contribution is -2.18. The maximum Gasteiger partial charge on any atom is 0.417 e. The van der Waals surface area contributed by atoms with E-state index >= 15 is 0 Å². The molecule has 8 heteroatoms. The highest BCUT2D eigenvalue weighted by Gasteiger charge is 2.35. The van der Waals surface area contributed by atoms with Gasteiger partial charge in [0.05, 0.1) is 11.1 Å². The normalized spacial score (nSPS) is 11.3. The first-order valence-corrected chi connectivity index (χ1v) is 7.63. The molecule has 0 spiro atoms. The Bertz CT molecular complexity index is 862. The molecular weight excluding hydrogens is 339 g/mol. The largest absolute Gasteiger partial charge is 0.417 e. The van der Waals surface area contributed by atoms with Crippen molar-refractivity contribution < 1.29 is 18.0 Å². The third-order valence-electron chi connectivity index (χ3n) is 3.14. The van der Waals surface area contributed by atoms with Crippen LogP contribution in [-0.2, 0) is 6.18 Å². The molecule has 2 aromatic carbocycles. The van der Waals surface area contributed by atoms with Crippen molar-refractivity contribution in [1.82, 2.24) is 10.2 Å². The minimum Gasteiger partial charge on any atom is -0.296 e. The molecule has 0 atom stereocenters. The van der Waals surface area contributed by atoms with Gasteiger partial charge in [-0.2, -0.15) is 13.2 Å². The summed E-state index contributed by atoms with van der Waals surface area (Å²) in [7, 11) is 0. The Morgan fingerprint density at radius 1 is 0.958 bits per heavy atom. The van der Waals surface area contributed by atoms with E-state index in [1.807, 2.05) is 30.3 Å². The number of aromatic nitrogens is 2. The fraction of sp³-hybridized carbons (Fsp3) is 0.0625.